The lowest BCUT2D eigenvalue weighted by Gasteiger charge is -2.13. The summed E-state index contributed by atoms with van der Waals surface area (Å²) in [5.41, 5.74) is 1.38. The van der Waals surface area contributed by atoms with Gasteiger partial charge in [0.05, 0.1) is 10.6 Å². The Hall–Kier alpha value is -2.61. The summed E-state index contributed by atoms with van der Waals surface area (Å²) >= 11 is 0. The van der Waals surface area contributed by atoms with Crippen LogP contribution in [0.3, 0.4) is 0 Å². The summed E-state index contributed by atoms with van der Waals surface area (Å²) in [6.07, 6.45) is 5.63. The molecule has 1 aromatic heterocycles. The number of benzene rings is 1. The maximum atomic E-state index is 12.1. The van der Waals surface area contributed by atoms with Crippen molar-refractivity contribution in [3.63, 3.8) is 0 Å². The number of aromatic nitrogens is 1. The first kappa shape index (κ1) is 15.8. The minimum atomic E-state index is -3.51. The van der Waals surface area contributed by atoms with Crippen LogP contribution in [-0.2, 0) is 9.84 Å². The number of nitrogens with one attached hydrogen (secondary N) is 1. The van der Waals surface area contributed by atoms with E-state index in [2.05, 4.69) is 10.4 Å². The second-order valence-corrected chi connectivity index (χ2v) is 6.73. The van der Waals surface area contributed by atoms with Gasteiger partial charge in [-0.25, -0.2) is 8.42 Å². The van der Waals surface area contributed by atoms with E-state index in [1.165, 1.54) is 6.07 Å². The maximum Gasteiger partial charge on any atom is 0.256 e. The molecule has 1 aromatic carbocycles. The van der Waals surface area contributed by atoms with Crippen molar-refractivity contribution < 1.29 is 13.2 Å². The third-order valence-corrected chi connectivity index (χ3v) is 4.23. The predicted molar refractivity (Wildman–Crippen MR) is 83.8 cm³/mol. The summed E-state index contributed by atoms with van der Waals surface area (Å²) in [6.45, 7) is 1.73. The molecule has 2 aromatic rings. The molecule has 0 spiro atoms. The Morgan fingerprint density at radius 2 is 1.95 bits per heavy atom. The van der Waals surface area contributed by atoms with Gasteiger partial charge in [0.1, 0.15) is 6.34 Å². The van der Waals surface area contributed by atoms with Crippen molar-refractivity contribution in [2.24, 2.45) is 10.9 Å². The van der Waals surface area contributed by atoms with Crippen LogP contribution in [0, 0.1) is 6.92 Å². The van der Waals surface area contributed by atoms with E-state index in [1.807, 2.05) is 0 Å². The topological polar surface area (TPSA) is 107 Å². The smallest absolute Gasteiger partial charge is 0.256 e. The lowest BCUT2D eigenvalue weighted by molar-refractivity contribution is 0.0977. The average molecular weight is 320 g/mol. The second-order valence-electron chi connectivity index (χ2n) is 4.75. The fourth-order valence-corrected chi connectivity index (χ4v) is 2.96. The summed E-state index contributed by atoms with van der Waals surface area (Å²) < 4.78 is 25.8. The molecule has 0 saturated heterocycles. The molecule has 0 atom stereocenters. The van der Waals surface area contributed by atoms with Crippen LogP contribution in [0.2, 0.25) is 0 Å². The highest BCUT2D eigenvalue weighted by molar-refractivity contribution is 7.90. The molecule has 0 radical (unpaired) electrons. The van der Waals surface area contributed by atoms with E-state index >= 15 is 0 Å². The summed E-state index contributed by atoms with van der Waals surface area (Å²) in [5.74, 6) is 4.46. The first-order valence-electron chi connectivity index (χ1n) is 6.35. The molecule has 0 saturated carbocycles. The average Bonchev–Trinajstić information content (AvgIpc) is 2.97. The van der Waals surface area contributed by atoms with Gasteiger partial charge in [-0.05, 0) is 36.8 Å². The number of nitrogens with two attached hydrogens (primary N) is 1. The lowest BCUT2D eigenvalue weighted by Crippen LogP contribution is -2.23. The van der Waals surface area contributed by atoms with Gasteiger partial charge in [-0.15, -0.1) is 0 Å². The number of sulfone groups is 1. The molecule has 3 N–H and O–H groups in total. The fraction of sp³-hybridized carbons (Fsp3) is 0.143. The zero-order valence-corrected chi connectivity index (χ0v) is 13.0. The molecule has 0 aliphatic heterocycles. The van der Waals surface area contributed by atoms with Crippen molar-refractivity contribution in [2.75, 3.05) is 6.26 Å². The first-order valence-corrected chi connectivity index (χ1v) is 8.24. The number of rotatable bonds is 4. The number of hydrogen-bond donors (Lipinski definition) is 2. The predicted octanol–water partition coefficient (Wildman–Crippen LogP) is 0.821. The molecule has 0 aliphatic rings. The highest BCUT2D eigenvalue weighted by Crippen LogP contribution is 2.25. The number of aryl methyl sites for hydroxylation is 1. The van der Waals surface area contributed by atoms with E-state index in [4.69, 9.17) is 5.84 Å². The largest absolute Gasteiger partial charge is 0.323 e. The molecule has 1 amide bonds. The van der Waals surface area contributed by atoms with Gasteiger partial charge in [-0.1, -0.05) is 0 Å². The van der Waals surface area contributed by atoms with Gasteiger partial charge in [0, 0.05) is 24.2 Å². The van der Waals surface area contributed by atoms with Gasteiger partial charge in [0.15, 0.2) is 9.84 Å². The second kappa shape index (κ2) is 6.02. The zero-order valence-electron chi connectivity index (χ0n) is 12.1. The molecule has 8 heteroatoms. The zero-order chi connectivity index (χ0) is 16.3. The van der Waals surface area contributed by atoms with Gasteiger partial charge >= 0.3 is 0 Å². The number of hydrazone groups is 1. The molecule has 7 nitrogen and oxygen atoms in total. The summed E-state index contributed by atoms with van der Waals surface area (Å²) in [5, 5.41) is 5.55. The van der Waals surface area contributed by atoms with Crippen LogP contribution in [0.4, 0.5) is 0 Å². The number of carbonyl (C=O) groups is 1. The highest BCUT2D eigenvalue weighted by Gasteiger charge is 2.19. The molecule has 0 fully saturated rings. The molecule has 0 bridgehead atoms. The Morgan fingerprint density at radius 3 is 2.50 bits per heavy atom. The quantitative estimate of drug-likeness (QED) is 0.376. The van der Waals surface area contributed by atoms with E-state index in [0.29, 0.717) is 11.3 Å². The number of amides is 1. The molecule has 22 heavy (non-hydrogen) atoms. The van der Waals surface area contributed by atoms with E-state index in [0.717, 1.165) is 12.6 Å². The number of nitrogens with zero attached hydrogens (tertiary/aromatic N) is 2. The summed E-state index contributed by atoms with van der Waals surface area (Å²) in [7, 11) is -3.51. The standard InChI is InChI=1S/C14H16N4O3S/c1-10-7-12(18-5-3-4-6-18)13(22(2,20)21)8-11(10)14(19)16-9-17-15/h3-9H,15H2,1-2H3,(H,16,17,19). The van der Waals surface area contributed by atoms with Gasteiger partial charge in [-0.2, -0.15) is 5.10 Å². The molecule has 116 valence electrons. The minimum Gasteiger partial charge on any atom is -0.323 e. The lowest BCUT2D eigenvalue weighted by atomic mass is 10.1. The summed E-state index contributed by atoms with van der Waals surface area (Å²) in [6, 6.07) is 6.60. The van der Waals surface area contributed by atoms with E-state index in [9.17, 15) is 13.2 Å². The van der Waals surface area contributed by atoms with Crippen LogP contribution in [0.5, 0.6) is 0 Å². The Labute approximate surface area is 128 Å². The van der Waals surface area contributed by atoms with Crippen molar-refractivity contribution in [1.82, 2.24) is 9.88 Å². The SMILES string of the molecule is Cc1cc(-n2cccc2)c(S(C)(=O)=O)cc1C(=O)NC=NN. The van der Waals surface area contributed by atoms with E-state index < -0.39 is 15.7 Å². The van der Waals surface area contributed by atoms with Crippen LogP contribution in [0.1, 0.15) is 15.9 Å². The minimum absolute atomic E-state index is 0.0733. The Bertz CT molecular complexity index is 824. The van der Waals surface area contributed by atoms with Crippen LogP contribution < -0.4 is 11.2 Å². The van der Waals surface area contributed by atoms with Crippen molar-refractivity contribution in [3.05, 3.63) is 47.8 Å². The van der Waals surface area contributed by atoms with E-state index in [-0.39, 0.29) is 10.5 Å². The molecular formula is C14H16N4O3S. The van der Waals surface area contributed by atoms with Crippen molar-refractivity contribution in [1.29, 1.82) is 0 Å². The van der Waals surface area contributed by atoms with Gasteiger partial charge in [0.2, 0.25) is 0 Å². The van der Waals surface area contributed by atoms with Gasteiger partial charge in [0.25, 0.3) is 5.91 Å². The molecular weight excluding hydrogens is 304 g/mol. The molecule has 0 unspecified atom stereocenters. The van der Waals surface area contributed by atoms with Crippen LogP contribution in [-0.4, -0.2) is 31.5 Å². The van der Waals surface area contributed by atoms with Crippen LogP contribution in [0.25, 0.3) is 5.69 Å². The van der Waals surface area contributed by atoms with E-state index in [1.54, 1.807) is 42.1 Å². The first-order chi connectivity index (χ1) is 10.3. The van der Waals surface area contributed by atoms with Crippen LogP contribution >= 0.6 is 0 Å². The Kier molecular flexibility index (Phi) is 4.32. The molecule has 0 aliphatic carbocycles. The Balaban J connectivity index is 2.64. The summed E-state index contributed by atoms with van der Waals surface area (Å²) in [4.78, 5) is 12.1. The monoisotopic (exact) mass is 320 g/mol. The highest BCUT2D eigenvalue weighted by atomic mass is 32.2. The van der Waals surface area contributed by atoms with Crippen molar-refractivity contribution in [2.45, 2.75) is 11.8 Å². The normalized spacial score (nSPS) is 11.7. The van der Waals surface area contributed by atoms with Crippen LogP contribution in [0.15, 0.2) is 46.7 Å². The molecule has 2 rings (SSSR count). The number of carbonyl (C=O) groups excluding carboxylic acids is 1. The third kappa shape index (κ3) is 3.17. The Morgan fingerprint density at radius 1 is 1.32 bits per heavy atom. The van der Waals surface area contributed by atoms with Gasteiger partial charge in [-0.3, -0.25) is 4.79 Å². The fourth-order valence-electron chi connectivity index (χ4n) is 2.08. The molecule has 1 heterocycles. The maximum absolute atomic E-state index is 12.1. The van der Waals surface area contributed by atoms with Crippen molar-refractivity contribution in [3.8, 4) is 5.69 Å². The van der Waals surface area contributed by atoms with Crippen molar-refractivity contribution >= 4 is 22.1 Å². The number of hydrogen-bond acceptors (Lipinski definition) is 5. The van der Waals surface area contributed by atoms with Gasteiger partial charge < -0.3 is 15.7 Å². The third-order valence-electron chi connectivity index (χ3n) is 3.10.